The Kier molecular flexibility index (Phi) is 4.79. The first-order valence-electron chi connectivity index (χ1n) is 6.87. The number of hydrogen-bond donors (Lipinski definition) is 1. The number of pyridine rings is 1. The van der Waals surface area contributed by atoms with Crippen LogP contribution in [0.2, 0.25) is 0 Å². The van der Waals surface area contributed by atoms with Crippen LogP contribution in [0.25, 0.3) is 0 Å². The smallest absolute Gasteiger partial charge is 0.272 e. The quantitative estimate of drug-likeness (QED) is 0.860. The molecule has 2 rings (SSSR count). The number of anilines is 1. The van der Waals surface area contributed by atoms with Crippen LogP contribution >= 0.6 is 0 Å². The molecule has 1 aliphatic heterocycles. The number of nitrogens with zero attached hydrogens (tertiary/aromatic N) is 3. The number of carbonyl (C=O) groups is 1. The van der Waals surface area contributed by atoms with Crippen LogP contribution in [-0.4, -0.2) is 67.5 Å². The number of rotatable bonds is 4. The molecule has 1 fully saturated rings. The van der Waals surface area contributed by atoms with Gasteiger partial charge in [-0.25, -0.2) is 13.4 Å². The average molecular weight is 312 g/mol. The van der Waals surface area contributed by atoms with Gasteiger partial charge in [-0.2, -0.15) is 4.31 Å². The lowest BCUT2D eigenvalue weighted by atomic mass is 10.2. The summed E-state index contributed by atoms with van der Waals surface area (Å²) in [6, 6.07) is 5.26. The molecule has 116 valence electrons. The molecule has 8 heteroatoms. The zero-order valence-electron chi connectivity index (χ0n) is 12.2. The van der Waals surface area contributed by atoms with Gasteiger partial charge in [0.25, 0.3) is 5.91 Å². The lowest BCUT2D eigenvalue weighted by molar-refractivity contribution is 0.0692. The molecule has 0 unspecified atom stereocenters. The Balaban J connectivity index is 2.03. The SMILES string of the molecule is CCNc1cccc(C(=O)N2CCN(S(C)(=O)=O)CC2)n1. The largest absolute Gasteiger partial charge is 0.370 e. The lowest BCUT2D eigenvalue weighted by Gasteiger charge is -2.33. The summed E-state index contributed by atoms with van der Waals surface area (Å²) in [5.74, 6) is 0.501. The third-order valence-corrected chi connectivity index (χ3v) is 4.62. The minimum absolute atomic E-state index is 0.164. The van der Waals surface area contributed by atoms with E-state index in [0.717, 1.165) is 6.54 Å². The second kappa shape index (κ2) is 6.40. The Morgan fingerprint density at radius 1 is 1.29 bits per heavy atom. The Hall–Kier alpha value is -1.67. The van der Waals surface area contributed by atoms with E-state index < -0.39 is 10.0 Å². The van der Waals surface area contributed by atoms with Gasteiger partial charge in [0.2, 0.25) is 10.0 Å². The van der Waals surface area contributed by atoms with Crippen LogP contribution in [0.5, 0.6) is 0 Å². The number of sulfonamides is 1. The lowest BCUT2D eigenvalue weighted by Crippen LogP contribution is -2.50. The summed E-state index contributed by atoms with van der Waals surface area (Å²) in [5, 5.41) is 3.06. The molecule has 2 heterocycles. The summed E-state index contributed by atoms with van der Waals surface area (Å²) in [7, 11) is -3.18. The van der Waals surface area contributed by atoms with E-state index in [2.05, 4.69) is 10.3 Å². The standard InChI is InChI=1S/C13H20N4O3S/c1-3-14-12-6-4-5-11(15-12)13(18)16-7-9-17(10-8-16)21(2,19)20/h4-6H,3,7-10H2,1-2H3,(H,14,15). The Morgan fingerprint density at radius 2 is 1.95 bits per heavy atom. The van der Waals surface area contributed by atoms with E-state index in [9.17, 15) is 13.2 Å². The van der Waals surface area contributed by atoms with Crippen molar-refractivity contribution in [1.82, 2.24) is 14.2 Å². The van der Waals surface area contributed by atoms with Crippen LogP contribution < -0.4 is 5.32 Å². The Morgan fingerprint density at radius 3 is 2.52 bits per heavy atom. The van der Waals surface area contributed by atoms with Crippen molar-refractivity contribution in [1.29, 1.82) is 0 Å². The summed E-state index contributed by atoms with van der Waals surface area (Å²) >= 11 is 0. The van der Waals surface area contributed by atoms with Gasteiger partial charge in [0.1, 0.15) is 11.5 Å². The molecule has 0 bridgehead atoms. The molecule has 1 saturated heterocycles. The first kappa shape index (κ1) is 15.7. The summed E-state index contributed by atoms with van der Waals surface area (Å²) in [6.45, 7) is 4.13. The van der Waals surface area contributed by atoms with E-state index in [0.29, 0.717) is 37.7 Å². The fourth-order valence-electron chi connectivity index (χ4n) is 2.22. The number of amides is 1. The third kappa shape index (κ3) is 3.92. The fraction of sp³-hybridized carbons (Fsp3) is 0.538. The Labute approximate surface area is 125 Å². The van der Waals surface area contributed by atoms with Crippen molar-refractivity contribution >= 4 is 21.7 Å². The Bertz CT molecular complexity index is 610. The maximum Gasteiger partial charge on any atom is 0.272 e. The topological polar surface area (TPSA) is 82.6 Å². The molecular weight excluding hydrogens is 292 g/mol. The average Bonchev–Trinajstić information content (AvgIpc) is 2.46. The molecule has 0 aliphatic carbocycles. The van der Waals surface area contributed by atoms with Crippen LogP contribution in [0, 0.1) is 0 Å². The number of aromatic nitrogens is 1. The molecule has 1 aromatic heterocycles. The number of hydrogen-bond acceptors (Lipinski definition) is 5. The normalized spacial score (nSPS) is 16.8. The van der Waals surface area contributed by atoms with Crippen LogP contribution in [0.1, 0.15) is 17.4 Å². The van der Waals surface area contributed by atoms with Gasteiger partial charge in [0.15, 0.2) is 0 Å². The summed E-state index contributed by atoms with van der Waals surface area (Å²) in [6.07, 6.45) is 1.19. The first-order chi connectivity index (χ1) is 9.91. The molecule has 1 amide bonds. The molecule has 1 N–H and O–H groups in total. The highest BCUT2D eigenvalue weighted by Gasteiger charge is 2.27. The van der Waals surface area contributed by atoms with Gasteiger partial charge in [0, 0.05) is 32.7 Å². The third-order valence-electron chi connectivity index (χ3n) is 3.32. The van der Waals surface area contributed by atoms with Crippen LogP contribution in [0.3, 0.4) is 0 Å². The van der Waals surface area contributed by atoms with Crippen molar-refractivity contribution in [3.8, 4) is 0 Å². The summed E-state index contributed by atoms with van der Waals surface area (Å²) in [5.41, 5.74) is 0.376. The van der Waals surface area contributed by atoms with E-state index in [1.807, 2.05) is 13.0 Å². The zero-order chi connectivity index (χ0) is 15.5. The fourth-order valence-corrected chi connectivity index (χ4v) is 3.04. The van der Waals surface area contributed by atoms with Crippen molar-refractivity contribution in [2.24, 2.45) is 0 Å². The predicted molar refractivity (Wildman–Crippen MR) is 80.7 cm³/mol. The zero-order valence-corrected chi connectivity index (χ0v) is 13.1. The maximum absolute atomic E-state index is 12.4. The molecule has 1 aliphatic rings. The molecule has 7 nitrogen and oxygen atoms in total. The number of carbonyl (C=O) groups excluding carboxylic acids is 1. The minimum Gasteiger partial charge on any atom is -0.370 e. The molecular formula is C13H20N4O3S. The molecule has 0 spiro atoms. The monoisotopic (exact) mass is 312 g/mol. The van der Waals surface area contributed by atoms with Gasteiger partial charge >= 0.3 is 0 Å². The van der Waals surface area contributed by atoms with Gasteiger partial charge in [-0.05, 0) is 19.1 Å². The van der Waals surface area contributed by atoms with E-state index in [4.69, 9.17) is 0 Å². The number of nitrogens with one attached hydrogen (secondary N) is 1. The predicted octanol–water partition coefficient (Wildman–Crippen LogP) is 0.231. The van der Waals surface area contributed by atoms with Crippen molar-refractivity contribution in [2.45, 2.75) is 6.92 Å². The van der Waals surface area contributed by atoms with Crippen molar-refractivity contribution in [3.05, 3.63) is 23.9 Å². The molecule has 1 aromatic rings. The van der Waals surface area contributed by atoms with Gasteiger partial charge in [0.05, 0.1) is 6.26 Å². The molecule has 0 radical (unpaired) electrons. The summed E-state index contributed by atoms with van der Waals surface area (Å²) < 4.78 is 24.3. The van der Waals surface area contributed by atoms with Gasteiger partial charge in [-0.15, -0.1) is 0 Å². The molecule has 21 heavy (non-hydrogen) atoms. The van der Waals surface area contributed by atoms with E-state index in [1.165, 1.54) is 10.6 Å². The second-order valence-corrected chi connectivity index (χ2v) is 6.88. The van der Waals surface area contributed by atoms with E-state index in [1.54, 1.807) is 17.0 Å². The second-order valence-electron chi connectivity index (χ2n) is 4.89. The molecule has 0 aromatic carbocycles. The number of piperazine rings is 1. The highest BCUT2D eigenvalue weighted by atomic mass is 32.2. The van der Waals surface area contributed by atoms with Crippen molar-refractivity contribution < 1.29 is 13.2 Å². The van der Waals surface area contributed by atoms with Crippen LogP contribution in [0.4, 0.5) is 5.82 Å². The van der Waals surface area contributed by atoms with Gasteiger partial charge in [-0.1, -0.05) is 6.07 Å². The van der Waals surface area contributed by atoms with Crippen LogP contribution in [-0.2, 0) is 10.0 Å². The van der Waals surface area contributed by atoms with Crippen LogP contribution in [0.15, 0.2) is 18.2 Å². The van der Waals surface area contributed by atoms with Gasteiger partial charge in [-0.3, -0.25) is 4.79 Å². The van der Waals surface area contributed by atoms with Gasteiger partial charge < -0.3 is 10.2 Å². The van der Waals surface area contributed by atoms with E-state index in [-0.39, 0.29) is 5.91 Å². The highest BCUT2D eigenvalue weighted by Crippen LogP contribution is 2.11. The first-order valence-corrected chi connectivity index (χ1v) is 8.72. The molecule has 0 atom stereocenters. The highest BCUT2D eigenvalue weighted by molar-refractivity contribution is 7.88. The van der Waals surface area contributed by atoms with E-state index >= 15 is 0 Å². The van der Waals surface area contributed by atoms with Crippen molar-refractivity contribution in [2.75, 3.05) is 44.3 Å². The molecule has 0 saturated carbocycles. The minimum atomic E-state index is -3.18. The maximum atomic E-state index is 12.4. The summed E-state index contributed by atoms with van der Waals surface area (Å²) in [4.78, 5) is 18.3. The van der Waals surface area contributed by atoms with Crippen molar-refractivity contribution in [3.63, 3.8) is 0 Å².